The van der Waals surface area contributed by atoms with Gasteiger partial charge in [-0.25, -0.2) is 4.98 Å². The lowest BCUT2D eigenvalue weighted by molar-refractivity contribution is 0.289. The zero-order valence-electron chi connectivity index (χ0n) is 16.3. The van der Waals surface area contributed by atoms with Gasteiger partial charge in [-0.2, -0.15) is 14.6 Å². The third-order valence-electron chi connectivity index (χ3n) is 5.66. The second-order valence-corrected chi connectivity index (χ2v) is 7.63. The molecule has 0 aliphatic heterocycles. The molecule has 0 unspecified atom stereocenters. The van der Waals surface area contributed by atoms with Crippen molar-refractivity contribution in [2.24, 2.45) is 24.6 Å². The summed E-state index contributed by atoms with van der Waals surface area (Å²) in [6.07, 6.45) is 8.33. The average molecular weight is 417 g/mol. The minimum atomic E-state index is 0. The molecule has 0 amide bonds. The molecular weight excluding hydrogens is 392 g/mol. The molecule has 1 aliphatic carbocycles. The summed E-state index contributed by atoms with van der Waals surface area (Å²) in [7, 11) is 1.88. The number of anilines is 1. The van der Waals surface area contributed by atoms with Gasteiger partial charge in [0, 0.05) is 19.8 Å². The van der Waals surface area contributed by atoms with Crippen molar-refractivity contribution >= 4 is 35.0 Å². The van der Waals surface area contributed by atoms with Crippen LogP contribution in [0.2, 0.25) is 0 Å². The van der Waals surface area contributed by atoms with Crippen molar-refractivity contribution in [1.29, 1.82) is 0 Å². The highest BCUT2D eigenvalue weighted by Crippen LogP contribution is 2.29. The second kappa shape index (κ2) is 8.00. The van der Waals surface area contributed by atoms with Crippen molar-refractivity contribution in [3.8, 4) is 11.6 Å². The fourth-order valence-electron chi connectivity index (χ4n) is 4.03. The summed E-state index contributed by atoms with van der Waals surface area (Å²) >= 11 is 0. The van der Waals surface area contributed by atoms with E-state index < -0.39 is 0 Å². The maximum Gasteiger partial charge on any atom is 0.228 e. The molecule has 0 bridgehead atoms. The standard InChI is InChI=1S/C19H24N8O.ClH/c1-26-11-14-16(24-26)23-19(21-10-13-6-4-12(9-20)5-7-13)27-18(14)22-17(25-27)15-3-2-8-28-15;/h2-3,8,11-13H,4-7,9-10,20H2,1H3,(H,21,23,24);1H. The molecule has 9 nitrogen and oxygen atoms in total. The van der Waals surface area contributed by atoms with Gasteiger partial charge in [0.2, 0.25) is 11.8 Å². The molecule has 0 atom stereocenters. The molecule has 1 fully saturated rings. The van der Waals surface area contributed by atoms with Crippen molar-refractivity contribution < 1.29 is 4.42 Å². The summed E-state index contributed by atoms with van der Waals surface area (Å²) in [5.41, 5.74) is 7.19. The predicted molar refractivity (Wildman–Crippen MR) is 113 cm³/mol. The maximum atomic E-state index is 5.81. The summed E-state index contributed by atoms with van der Waals surface area (Å²) in [4.78, 5) is 9.39. The van der Waals surface area contributed by atoms with Crippen molar-refractivity contribution in [2.45, 2.75) is 25.7 Å². The first-order valence-electron chi connectivity index (χ1n) is 9.79. The van der Waals surface area contributed by atoms with Gasteiger partial charge < -0.3 is 15.5 Å². The largest absolute Gasteiger partial charge is 0.461 e. The van der Waals surface area contributed by atoms with Crippen LogP contribution < -0.4 is 11.1 Å². The topological polar surface area (TPSA) is 112 Å². The summed E-state index contributed by atoms with van der Waals surface area (Å²) in [6.45, 7) is 1.65. The predicted octanol–water partition coefficient (Wildman–Crippen LogP) is 2.87. The van der Waals surface area contributed by atoms with Crippen LogP contribution in [0.3, 0.4) is 0 Å². The number of furan rings is 1. The fraction of sp³-hybridized carbons (Fsp3) is 0.474. The smallest absolute Gasteiger partial charge is 0.228 e. The Morgan fingerprint density at radius 2 is 1.97 bits per heavy atom. The van der Waals surface area contributed by atoms with E-state index in [-0.39, 0.29) is 12.4 Å². The van der Waals surface area contributed by atoms with E-state index in [0.717, 1.165) is 24.1 Å². The molecule has 1 aliphatic rings. The van der Waals surface area contributed by atoms with Crippen molar-refractivity contribution in [1.82, 2.24) is 29.4 Å². The Hall–Kier alpha value is -2.65. The first-order chi connectivity index (χ1) is 13.7. The van der Waals surface area contributed by atoms with E-state index in [0.29, 0.717) is 35.0 Å². The van der Waals surface area contributed by atoms with Gasteiger partial charge in [-0.3, -0.25) is 4.68 Å². The van der Waals surface area contributed by atoms with Gasteiger partial charge in [0.25, 0.3) is 0 Å². The Kier molecular flexibility index (Phi) is 5.42. The molecule has 10 heteroatoms. The van der Waals surface area contributed by atoms with Crippen molar-refractivity contribution in [3.05, 3.63) is 24.6 Å². The Morgan fingerprint density at radius 1 is 1.17 bits per heavy atom. The van der Waals surface area contributed by atoms with Gasteiger partial charge in [0.15, 0.2) is 17.1 Å². The maximum absolute atomic E-state index is 5.81. The van der Waals surface area contributed by atoms with Crippen LogP contribution in [0.15, 0.2) is 29.0 Å². The molecule has 5 rings (SSSR count). The number of nitrogens with zero attached hydrogens (tertiary/aromatic N) is 6. The number of nitrogens with two attached hydrogens (primary N) is 1. The highest BCUT2D eigenvalue weighted by molar-refractivity contribution is 5.90. The fourth-order valence-corrected chi connectivity index (χ4v) is 4.03. The molecule has 29 heavy (non-hydrogen) atoms. The quantitative estimate of drug-likeness (QED) is 0.514. The van der Waals surface area contributed by atoms with E-state index >= 15 is 0 Å². The summed E-state index contributed by atoms with van der Waals surface area (Å²) < 4.78 is 8.98. The van der Waals surface area contributed by atoms with E-state index in [4.69, 9.17) is 15.1 Å². The van der Waals surface area contributed by atoms with E-state index in [1.54, 1.807) is 15.5 Å². The zero-order chi connectivity index (χ0) is 19.1. The Bertz CT molecular complexity index is 1090. The minimum absolute atomic E-state index is 0. The van der Waals surface area contributed by atoms with Crippen molar-refractivity contribution in [2.75, 3.05) is 18.4 Å². The monoisotopic (exact) mass is 416 g/mol. The van der Waals surface area contributed by atoms with Crippen LogP contribution in [-0.2, 0) is 7.05 Å². The lowest BCUT2D eigenvalue weighted by Crippen LogP contribution is -2.25. The number of aryl methyl sites for hydroxylation is 1. The Morgan fingerprint density at radius 3 is 2.69 bits per heavy atom. The minimum Gasteiger partial charge on any atom is -0.461 e. The average Bonchev–Trinajstić information content (AvgIpc) is 3.44. The normalized spacial score (nSPS) is 19.5. The molecule has 154 valence electrons. The molecule has 0 spiro atoms. The highest BCUT2D eigenvalue weighted by atomic mass is 35.5. The number of nitrogens with one attached hydrogen (secondary N) is 1. The second-order valence-electron chi connectivity index (χ2n) is 7.63. The summed E-state index contributed by atoms with van der Waals surface area (Å²) in [5.74, 6) is 3.12. The third-order valence-corrected chi connectivity index (χ3v) is 5.66. The van der Waals surface area contributed by atoms with E-state index in [9.17, 15) is 0 Å². The number of fused-ring (bicyclic) bond motifs is 3. The first kappa shape index (κ1) is 19.7. The van der Waals surface area contributed by atoms with Crippen LogP contribution in [0, 0.1) is 11.8 Å². The van der Waals surface area contributed by atoms with Gasteiger partial charge in [0.05, 0.1) is 11.6 Å². The van der Waals surface area contributed by atoms with Crippen LogP contribution >= 0.6 is 12.4 Å². The van der Waals surface area contributed by atoms with Crippen LogP contribution in [0.25, 0.3) is 28.3 Å². The van der Waals surface area contributed by atoms with Gasteiger partial charge in [-0.05, 0) is 56.2 Å². The van der Waals surface area contributed by atoms with Gasteiger partial charge >= 0.3 is 0 Å². The van der Waals surface area contributed by atoms with E-state index in [2.05, 4.69) is 20.5 Å². The summed E-state index contributed by atoms with van der Waals surface area (Å²) in [5, 5.41) is 13.4. The molecule has 3 N–H and O–H groups in total. The van der Waals surface area contributed by atoms with Gasteiger partial charge in [-0.15, -0.1) is 17.5 Å². The molecule has 4 aromatic rings. The van der Waals surface area contributed by atoms with Gasteiger partial charge in [-0.1, -0.05) is 0 Å². The third kappa shape index (κ3) is 3.67. The number of halogens is 1. The molecule has 4 aromatic heterocycles. The Balaban J connectivity index is 0.00000205. The number of hydrogen-bond acceptors (Lipinski definition) is 7. The SMILES string of the molecule is Cl.Cn1cc2c(nc(NCC3CCC(CN)CC3)n3nc(-c4ccco4)nc23)n1. The lowest BCUT2D eigenvalue weighted by Gasteiger charge is -2.27. The molecular formula is C19H25ClN8O. The van der Waals surface area contributed by atoms with Gasteiger partial charge in [0.1, 0.15) is 0 Å². The molecule has 1 saturated carbocycles. The van der Waals surface area contributed by atoms with Crippen LogP contribution in [0.1, 0.15) is 25.7 Å². The first-order valence-corrected chi connectivity index (χ1v) is 9.79. The van der Waals surface area contributed by atoms with Crippen LogP contribution in [0.4, 0.5) is 5.95 Å². The molecule has 0 aromatic carbocycles. The lowest BCUT2D eigenvalue weighted by atomic mass is 9.82. The number of rotatable bonds is 5. The van der Waals surface area contributed by atoms with E-state index in [1.165, 1.54) is 25.7 Å². The Labute approximate surface area is 174 Å². The molecule has 0 radical (unpaired) electrons. The van der Waals surface area contributed by atoms with Crippen molar-refractivity contribution in [3.63, 3.8) is 0 Å². The summed E-state index contributed by atoms with van der Waals surface area (Å²) in [6, 6.07) is 3.68. The number of hydrogen-bond donors (Lipinski definition) is 2. The molecule has 0 saturated heterocycles. The highest BCUT2D eigenvalue weighted by Gasteiger charge is 2.22. The molecule has 4 heterocycles. The van der Waals surface area contributed by atoms with Crippen LogP contribution in [0.5, 0.6) is 0 Å². The van der Waals surface area contributed by atoms with Crippen LogP contribution in [-0.4, -0.2) is 42.5 Å². The zero-order valence-corrected chi connectivity index (χ0v) is 17.1. The van der Waals surface area contributed by atoms with E-state index in [1.807, 2.05) is 25.4 Å². The number of aromatic nitrogens is 6.